The fraction of sp³-hybridized carbons (Fsp3) is 0.333. The Morgan fingerprint density at radius 2 is 2.08 bits per heavy atom. The van der Waals surface area contributed by atoms with Gasteiger partial charge in [-0.05, 0) is 0 Å². The second-order valence-corrected chi connectivity index (χ2v) is 1.79. The first kappa shape index (κ1) is 14.6. The maximum Gasteiger partial charge on any atom is 1.00 e. The Bertz CT molecular complexity index is 202. The molecule has 12 heavy (non-hydrogen) atoms. The summed E-state index contributed by atoms with van der Waals surface area (Å²) in [7, 11) is 1.17. The van der Waals surface area contributed by atoms with Crippen molar-refractivity contribution in [1.29, 1.82) is 0 Å². The molecular weight excluding hydrogens is 189 g/mol. The van der Waals surface area contributed by atoms with Crippen molar-refractivity contribution in [2.75, 3.05) is 7.11 Å². The molecule has 0 saturated carbocycles. The van der Waals surface area contributed by atoms with Crippen LogP contribution in [0.25, 0.3) is 0 Å². The number of ether oxygens (including phenoxy) is 1. The van der Waals surface area contributed by atoms with Gasteiger partial charge in [0.2, 0.25) is 0 Å². The molecule has 0 spiro atoms. The molecule has 0 fully saturated rings. The van der Waals surface area contributed by atoms with E-state index in [2.05, 4.69) is 4.74 Å². The number of methoxy groups -OCH3 is 1. The van der Waals surface area contributed by atoms with E-state index in [1.165, 1.54) is 7.11 Å². The van der Waals surface area contributed by atoms with E-state index in [9.17, 15) is 14.7 Å². The van der Waals surface area contributed by atoms with Gasteiger partial charge in [0, 0.05) is 24.2 Å². The third-order valence-electron chi connectivity index (χ3n) is 0.853. The molecule has 0 atom stereocenters. The fourth-order valence-electron chi connectivity index (χ4n) is 0.428. The normalized spacial score (nSPS) is 9.92. The molecule has 0 saturated heterocycles. The summed E-state index contributed by atoms with van der Waals surface area (Å²) < 4.78 is 4.19. The summed E-state index contributed by atoms with van der Waals surface area (Å²) in [4.78, 5) is 20.3. The van der Waals surface area contributed by atoms with Crippen molar-refractivity contribution in [3.05, 3.63) is 11.8 Å². The summed E-state index contributed by atoms with van der Waals surface area (Å²) in [6.45, 7) is 0. The number of carboxylic acids is 1. The van der Waals surface area contributed by atoms with Crippen molar-refractivity contribution in [3.8, 4) is 0 Å². The monoisotopic (exact) mass is 197 g/mol. The average Bonchev–Trinajstić information content (AvgIpc) is 1.85. The van der Waals surface area contributed by atoms with Crippen LogP contribution in [-0.4, -0.2) is 19.0 Å². The van der Waals surface area contributed by atoms with Gasteiger partial charge in [0.1, 0.15) is 0 Å². The fourth-order valence-corrected chi connectivity index (χ4v) is 0.428. The van der Waals surface area contributed by atoms with Gasteiger partial charge in [-0.2, -0.15) is 0 Å². The molecule has 0 aromatic carbocycles. The Morgan fingerprint density at radius 1 is 1.58 bits per heavy atom. The van der Waals surface area contributed by atoms with Gasteiger partial charge in [0.15, 0.2) is 0 Å². The molecule has 0 bridgehead atoms. The van der Waals surface area contributed by atoms with Crippen LogP contribution in [0.1, 0.15) is 6.42 Å². The SMILES string of the molecule is COC(=O)/C=C(/N)CC(=O)[O-].[K+]. The van der Waals surface area contributed by atoms with Crippen molar-refractivity contribution in [1.82, 2.24) is 0 Å². The van der Waals surface area contributed by atoms with Crippen LogP contribution in [0.3, 0.4) is 0 Å². The van der Waals surface area contributed by atoms with Crippen LogP contribution in [-0.2, 0) is 14.3 Å². The topological polar surface area (TPSA) is 92.5 Å². The number of carbonyl (C=O) groups is 2. The van der Waals surface area contributed by atoms with Crippen molar-refractivity contribution >= 4 is 11.9 Å². The molecule has 0 rings (SSSR count). The van der Waals surface area contributed by atoms with Gasteiger partial charge in [-0.15, -0.1) is 0 Å². The van der Waals surface area contributed by atoms with E-state index in [1.807, 2.05) is 0 Å². The smallest absolute Gasteiger partial charge is 0.550 e. The van der Waals surface area contributed by atoms with E-state index in [-0.39, 0.29) is 57.1 Å². The molecule has 0 aromatic heterocycles. The minimum absolute atomic E-state index is 0. The Kier molecular flexibility index (Phi) is 9.45. The van der Waals surface area contributed by atoms with Crippen LogP contribution in [0.4, 0.5) is 0 Å². The molecule has 0 aliphatic carbocycles. The van der Waals surface area contributed by atoms with Gasteiger partial charge in [0.05, 0.1) is 7.11 Å². The Balaban J connectivity index is 0. The number of carbonyl (C=O) groups excluding carboxylic acids is 2. The zero-order chi connectivity index (χ0) is 8.85. The van der Waals surface area contributed by atoms with Gasteiger partial charge >= 0.3 is 57.4 Å². The summed E-state index contributed by atoms with van der Waals surface area (Å²) in [5.74, 6) is -2.01. The molecule has 0 heterocycles. The number of rotatable bonds is 3. The van der Waals surface area contributed by atoms with E-state index in [1.54, 1.807) is 0 Å². The van der Waals surface area contributed by atoms with Crippen molar-refractivity contribution < 1.29 is 70.8 Å². The van der Waals surface area contributed by atoms with Crippen molar-refractivity contribution in [2.45, 2.75) is 6.42 Å². The van der Waals surface area contributed by atoms with E-state index in [4.69, 9.17) is 5.73 Å². The van der Waals surface area contributed by atoms with Crippen LogP contribution in [0.5, 0.6) is 0 Å². The van der Waals surface area contributed by atoms with E-state index in [0.717, 1.165) is 6.08 Å². The minimum atomic E-state index is -1.33. The van der Waals surface area contributed by atoms with Gasteiger partial charge < -0.3 is 20.4 Å². The second-order valence-electron chi connectivity index (χ2n) is 1.79. The summed E-state index contributed by atoms with van der Waals surface area (Å²) in [6.07, 6.45) is 0.435. The van der Waals surface area contributed by atoms with Crippen molar-refractivity contribution in [2.24, 2.45) is 5.73 Å². The van der Waals surface area contributed by atoms with Gasteiger partial charge in [-0.1, -0.05) is 0 Å². The first-order valence-corrected chi connectivity index (χ1v) is 2.80. The summed E-state index contributed by atoms with van der Waals surface area (Å²) in [5, 5.41) is 9.90. The molecule has 0 radical (unpaired) electrons. The predicted molar refractivity (Wildman–Crippen MR) is 33.9 cm³/mol. The van der Waals surface area contributed by atoms with Crippen LogP contribution in [0, 0.1) is 0 Å². The molecule has 62 valence electrons. The molecular formula is C6H8KNO4. The third-order valence-corrected chi connectivity index (χ3v) is 0.853. The molecule has 0 aliphatic heterocycles. The largest absolute Gasteiger partial charge is 1.00 e. The Hall–Kier alpha value is 0.116. The van der Waals surface area contributed by atoms with E-state index in [0.29, 0.717) is 0 Å². The molecule has 0 amide bonds. The number of nitrogens with two attached hydrogens (primary N) is 1. The first-order valence-electron chi connectivity index (χ1n) is 2.80. The molecule has 2 N–H and O–H groups in total. The third kappa shape index (κ3) is 8.22. The minimum Gasteiger partial charge on any atom is -0.550 e. The molecule has 0 unspecified atom stereocenters. The molecule has 5 nitrogen and oxygen atoms in total. The maximum atomic E-state index is 10.4. The number of hydrogen-bond acceptors (Lipinski definition) is 5. The second kappa shape index (κ2) is 7.75. The summed E-state index contributed by atoms with van der Waals surface area (Å²) in [5.41, 5.74) is 5.00. The zero-order valence-corrected chi connectivity index (χ0v) is 10.1. The maximum absolute atomic E-state index is 10.4. The van der Waals surface area contributed by atoms with E-state index >= 15 is 0 Å². The van der Waals surface area contributed by atoms with E-state index < -0.39 is 18.4 Å². The van der Waals surface area contributed by atoms with Gasteiger partial charge in [0.25, 0.3) is 0 Å². The Labute approximate surface area is 112 Å². The summed E-state index contributed by atoms with van der Waals surface area (Å²) >= 11 is 0. The predicted octanol–water partition coefficient (Wildman–Crippen LogP) is -4.85. The number of carboxylic acid groups (broad SMARTS) is 1. The van der Waals surface area contributed by atoms with Gasteiger partial charge in [-0.3, -0.25) is 0 Å². The summed E-state index contributed by atoms with van der Waals surface area (Å²) in [6, 6.07) is 0. The molecule has 0 aromatic rings. The average molecular weight is 197 g/mol. The van der Waals surface area contributed by atoms with Crippen LogP contribution in [0.2, 0.25) is 0 Å². The number of hydrogen-bond donors (Lipinski definition) is 1. The molecule has 6 heteroatoms. The van der Waals surface area contributed by atoms with Crippen LogP contribution < -0.4 is 62.2 Å². The van der Waals surface area contributed by atoms with Crippen molar-refractivity contribution in [3.63, 3.8) is 0 Å². The number of esters is 1. The standard InChI is InChI=1S/C6H9NO4.K/c1-11-6(10)3-4(7)2-5(8)9;/h3H,2,7H2,1H3,(H,8,9);/q;+1/p-1/b4-3+;. The zero-order valence-electron chi connectivity index (χ0n) is 6.99. The van der Waals surface area contributed by atoms with Gasteiger partial charge in [-0.25, -0.2) is 4.79 Å². The Morgan fingerprint density at radius 3 is 2.42 bits per heavy atom. The van der Waals surface area contributed by atoms with Crippen LogP contribution >= 0.6 is 0 Å². The molecule has 0 aliphatic rings. The number of aliphatic carboxylic acids is 1. The quantitative estimate of drug-likeness (QED) is 0.278. The first-order chi connectivity index (χ1) is 5.06. The van der Waals surface area contributed by atoms with Crippen LogP contribution in [0.15, 0.2) is 11.8 Å².